The lowest BCUT2D eigenvalue weighted by atomic mass is 10.1. The van der Waals surface area contributed by atoms with Crippen molar-refractivity contribution in [3.8, 4) is 0 Å². The molecule has 19 heavy (non-hydrogen) atoms. The van der Waals surface area contributed by atoms with Crippen LogP contribution < -0.4 is 4.90 Å². The van der Waals surface area contributed by atoms with E-state index in [1.165, 1.54) is 23.2 Å². The number of hydrogen-bond donors (Lipinski definition) is 0. The van der Waals surface area contributed by atoms with Gasteiger partial charge in [0.1, 0.15) is 0 Å². The molecule has 0 spiro atoms. The summed E-state index contributed by atoms with van der Waals surface area (Å²) in [7, 11) is 0. The Morgan fingerprint density at radius 1 is 1.00 bits per heavy atom. The van der Waals surface area contributed by atoms with Crippen molar-refractivity contribution in [3.63, 3.8) is 0 Å². The molecule has 2 aromatic rings. The molecule has 1 aliphatic rings. The predicted octanol–water partition coefficient (Wildman–Crippen LogP) is 4.15. The van der Waals surface area contributed by atoms with Gasteiger partial charge in [0, 0.05) is 18.3 Å². The van der Waals surface area contributed by atoms with Crippen LogP contribution in [0.25, 0.3) is 6.08 Å². The largest absolute Gasteiger partial charge is 0.365 e. The van der Waals surface area contributed by atoms with Crippen LogP contribution in [0, 0.1) is 0 Å². The van der Waals surface area contributed by atoms with Gasteiger partial charge in [-0.3, -0.25) is 0 Å². The Morgan fingerprint density at radius 2 is 1.74 bits per heavy atom. The van der Waals surface area contributed by atoms with E-state index in [2.05, 4.69) is 78.6 Å². The van der Waals surface area contributed by atoms with Crippen molar-refractivity contribution in [1.82, 2.24) is 0 Å². The Labute approximate surface area is 115 Å². The molecule has 0 amide bonds. The summed E-state index contributed by atoms with van der Waals surface area (Å²) in [5, 5.41) is 0. The topological polar surface area (TPSA) is 3.24 Å². The van der Waals surface area contributed by atoms with Gasteiger partial charge in [-0.05, 0) is 30.5 Å². The fourth-order valence-corrected chi connectivity index (χ4v) is 2.71. The zero-order chi connectivity index (χ0) is 13.1. The number of nitrogens with zero attached hydrogens (tertiary/aromatic N) is 1. The molecule has 0 aromatic heterocycles. The smallest absolute Gasteiger partial charge is 0.0448 e. The summed E-state index contributed by atoms with van der Waals surface area (Å²) in [6.07, 6.45) is 5.67. The van der Waals surface area contributed by atoms with Gasteiger partial charge in [0.25, 0.3) is 0 Å². The Hall–Kier alpha value is -2.02. The number of benzene rings is 2. The molecule has 0 radical (unpaired) electrons. The maximum Gasteiger partial charge on any atom is 0.0448 e. The third-order valence-electron chi connectivity index (χ3n) is 3.78. The number of hydrogen-bond acceptors (Lipinski definition) is 1. The van der Waals surface area contributed by atoms with Crippen LogP contribution in [0.2, 0.25) is 0 Å². The van der Waals surface area contributed by atoms with E-state index in [0.29, 0.717) is 6.04 Å². The zero-order valence-electron chi connectivity index (χ0n) is 11.3. The third kappa shape index (κ3) is 2.55. The molecule has 1 unspecified atom stereocenters. The molecule has 0 saturated carbocycles. The molecule has 1 heterocycles. The molecule has 1 aliphatic heterocycles. The lowest BCUT2D eigenvalue weighted by molar-refractivity contribution is 0.767. The van der Waals surface area contributed by atoms with Gasteiger partial charge in [-0.2, -0.15) is 0 Å². The zero-order valence-corrected chi connectivity index (χ0v) is 11.3. The van der Waals surface area contributed by atoms with Crippen LogP contribution in [-0.2, 0) is 6.42 Å². The van der Waals surface area contributed by atoms with Crippen molar-refractivity contribution in [2.45, 2.75) is 19.4 Å². The summed E-state index contributed by atoms with van der Waals surface area (Å²) in [5.74, 6) is 0. The van der Waals surface area contributed by atoms with E-state index in [1.807, 2.05) is 0 Å². The van der Waals surface area contributed by atoms with Gasteiger partial charge in [-0.25, -0.2) is 0 Å². The Balaban J connectivity index is 1.76. The Morgan fingerprint density at radius 3 is 2.58 bits per heavy atom. The molecule has 0 N–H and O–H groups in total. The summed E-state index contributed by atoms with van der Waals surface area (Å²) < 4.78 is 0. The van der Waals surface area contributed by atoms with Crippen LogP contribution in [0.4, 0.5) is 5.69 Å². The van der Waals surface area contributed by atoms with Crippen LogP contribution in [-0.4, -0.2) is 12.6 Å². The van der Waals surface area contributed by atoms with E-state index < -0.39 is 0 Å². The van der Waals surface area contributed by atoms with Gasteiger partial charge < -0.3 is 4.90 Å². The predicted molar refractivity (Wildman–Crippen MR) is 82.4 cm³/mol. The van der Waals surface area contributed by atoms with Gasteiger partial charge in [-0.15, -0.1) is 0 Å². The fraction of sp³-hybridized carbons (Fsp3) is 0.222. The van der Waals surface area contributed by atoms with E-state index in [9.17, 15) is 0 Å². The van der Waals surface area contributed by atoms with Crippen LogP contribution >= 0.6 is 0 Å². The lowest BCUT2D eigenvalue weighted by Crippen LogP contribution is -2.29. The van der Waals surface area contributed by atoms with Crippen molar-refractivity contribution >= 4 is 11.8 Å². The van der Waals surface area contributed by atoms with Gasteiger partial charge >= 0.3 is 0 Å². The first kappa shape index (κ1) is 12.0. The minimum Gasteiger partial charge on any atom is -0.365 e. The third-order valence-corrected chi connectivity index (χ3v) is 3.78. The first-order chi connectivity index (χ1) is 9.34. The van der Waals surface area contributed by atoms with Crippen molar-refractivity contribution in [2.75, 3.05) is 11.4 Å². The number of anilines is 1. The van der Waals surface area contributed by atoms with E-state index in [4.69, 9.17) is 0 Å². The average molecular weight is 249 g/mol. The monoisotopic (exact) mass is 249 g/mol. The van der Waals surface area contributed by atoms with Gasteiger partial charge in [0.05, 0.1) is 0 Å². The van der Waals surface area contributed by atoms with E-state index >= 15 is 0 Å². The normalized spacial score (nSPS) is 15.7. The Bertz CT molecular complexity index is 571. The second-order valence-corrected chi connectivity index (χ2v) is 5.08. The standard InChI is InChI=1S/C18H19N/c1-15(11-12-16-7-3-2-4-8-16)19-14-13-17-9-5-6-10-18(17)19/h2-12,15H,13-14H2,1H3/b12-11+. The van der Waals surface area contributed by atoms with Crippen LogP contribution in [0.15, 0.2) is 60.7 Å². The minimum atomic E-state index is 0.434. The van der Waals surface area contributed by atoms with Crippen LogP contribution in [0.1, 0.15) is 18.1 Å². The van der Waals surface area contributed by atoms with Crippen molar-refractivity contribution in [2.24, 2.45) is 0 Å². The highest BCUT2D eigenvalue weighted by atomic mass is 15.2. The minimum absolute atomic E-state index is 0.434. The number of rotatable bonds is 3. The van der Waals surface area contributed by atoms with E-state index in [-0.39, 0.29) is 0 Å². The molecule has 3 rings (SSSR count). The highest BCUT2D eigenvalue weighted by Gasteiger charge is 2.20. The first-order valence-corrected chi connectivity index (χ1v) is 6.92. The highest BCUT2D eigenvalue weighted by Crippen LogP contribution is 2.29. The molecule has 0 aliphatic carbocycles. The summed E-state index contributed by atoms with van der Waals surface area (Å²) in [6, 6.07) is 19.7. The second-order valence-electron chi connectivity index (χ2n) is 5.08. The number of para-hydroxylation sites is 1. The second kappa shape index (κ2) is 5.31. The fourth-order valence-electron chi connectivity index (χ4n) is 2.71. The summed E-state index contributed by atoms with van der Waals surface area (Å²) in [6.45, 7) is 3.39. The molecule has 0 saturated heterocycles. The molecule has 2 aromatic carbocycles. The maximum absolute atomic E-state index is 2.48. The summed E-state index contributed by atoms with van der Waals surface area (Å²) in [4.78, 5) is 2.48. The molecular weight excluding hydrogens is 230 g/mol. The van der Waals surface area contributed by atoms with Crippen molar-refractivity contribution in [1.29, 1.82) is 0 Å². The molecule has 1 heteroatoms. The molecule has 1 nitrogen and oxygen atoms in total. The van der Waals surface area contributed by atoms with E-state index in [0.717, 1.165) is 6.54 Å². The van der Waals surface area contributed by atoms with Crippen molar-refractivity contribution < 1.29 is 0 Å². The lowest BCUT2D eigenvalue weighted by Gasteiger charge is -2.24. The molecular formula is C18H19N. The molecule has 0 bridgehead atoms. The molecule has 96 valence electrons. The first-order valence-electron chi connectivity index (χ1n) is 6.92. The summed E-state index contributed by atoms with van der Waals surface area (Å²) in [5.41, 5.74) is 4.14. The van der Waals surface area contributed by atoms with Gasteiger partial charge in [0.2, 0.25) is 0 Å². The summed E-state index contributed by atoms with van der Waals surface area (Å²) >= 11 is 0. The van der Waals surface area contributed by atoms with E-state index in [1.54, 1.807) is 0 Å². The quantitative estimate of drug-likeness (QED) is 0.790. The molecule has 1 atom stereocenters. The van der Waals surface area contributed by atoms with Crippen molar-refractivity contribution in [3.05, 3.63) is 71.8 Å². The van der Waals surface area contributed by atoms with Gasteiger partial charge in [-0.1, -0.05) is 60.7 Å². The number of fused-ring (bicyclic) bond motifs is 1. The molecule has 0 fully saturated rings. The highest BCUT2D eigenvalue weighted by molar-refractivity contribution is 5.60. The van der Waals surface area contributed by atoms with Crippen LogP contribution in [0.3, 0.4) is 0 Å². The SMILES string of the molecule is CC(/C=C/c1ccccc1)N1CCc2ccccc21. The van der Waals surface area contributed by atoms with Crippen LogP contribution in [0.5, 0.6) is 0 Å². The average Bonchev–Trinajstić information content (AvgIpc) is 2.90. The van der Waals surface area contributed by atoms with Gasteiger partial charge in [0.15, 0.2) is 0 Å². The maximum atomic E-state index is 2.48. The Kier molecular flexibility index (Phi) is 3.37.